The van der Waals surface area contributed by atoms with Crippen molar-refractivity contribution in [3.8, 4) is 0 Å². The molecule has 0 saturated carbocycles. The Kier molecular flexibility index (Phi) is 10.5. The predicted octanol–water partition coefficient (Wildman–Crippen LogP) is 3.10. The molecule has 0 bridgehead atoms. The molecule has 3 heteroatoms. The molecule has 0 aromatic rings. The van der Waals surface area contributed by atoms with Gasteiger partial charge in [0.15, 0.2) is 0 Å². The second kappa shape index (κ2) is 8.85. The van der Waals surface area contributed by atoms with E-state index in [9.17, 15) is 4.79 Å². The lowest BCUT2D eigenvalue weighted by Gasteiger charge is -2.08. The normalized spacial score (nSPS) is 11.8. The highest BCUT2D eigenvalue weighted by Crippen LogP contribution is 2.14. The molecule has 0 aliphatic carbocycles. The number of carboxylic acid groups (broad SMARTS) is 1. The Morgan fingerprint density at radius 2 is 1.83 bits per heavy atom. The molecule has 1 atom stereocenters. The largest absolute Gasteiger partial charge is 0.481 e. The molecule has 12 heavy (non-hydrogen) atoms. The molecule has 0 aliphatic heterocycles. The molecule has 0 rings (SSSR count). The highest BCUT2D eigenvalue weighted by Gasteiger charge is 2.14. The van der Waals surface area contributed by atoms with Crippen molar-refractivity contribution in [2.24, 2.45) is 5.92 Å². The minimum Gasteiger partial charge on any atom is -0.481 e. The number of hydrogen-bond donors (Lipinski definition) is 1. The Balaban J connectivity index is 0. The average molecular weight is 195 g/mol. The van der Waals surface area contributed by atoms with Crippen molar-refractivity contribution in [3.63, 3.8) is 0 Å². The lowest BCUT2D eigenvalue weighted by molar-refractivity contribution is -0.142. The third-order valence-corrected chi connectivity index (χ3v) is 1.89. The quantitative estimate of drug-likeness (QED) is 0.706. The summed E-state index contributed by atoms with van der Waals surface area (Å²) >= 11 is 0. The molecule has 0 aromatic carbocycles. The number of carboxylic acids is 1. The van der Waals surface area contributed by atoms with Crippen LogP contribution in [0.5, 0.6) is 0 Å². The summed E-state index contributed by atoms with van der Waals surface area (Å²) in [4.78, 5) is 10.6. The number of unbranched alkanes of at least 4 members (excludes halogenated alkanes) is 1. The molecule has 0 spiro atoms. The van der Waals surface area contributed by atoms with Crippen LogP contribution in [0.3, 0.4) is 0 Å². The van der Waals surface area contributed by atoms with Crippen LogP contribution in [0.1, 0.15) is 46.0 Å². The summed E-state index contributed by atoms with van der Waals surface area (Å²) in [5.74, 6) is -0.722. The second-order valence-electron chi connectivity index (χ2n) is 2.97. The van der Waals surface area contributed by atoms with Crippen molar-refractivity contribution in [3.05, 3.63) is 0 Å². The van der Waals surface area contributed by atoms with E-state index in [-0.39, 0.29) is 18.3 Å². The van der Waals surface area contributed by atoms with Crippen LogP contribution in [0.2, 0.25) is 0 Å². The van der Waals surface area contributed by atoms with Crippen LogP contribution in [0, 0.1) is 5.92 Å². The van der Waals surface area contributed by atoms with E-state index in [0.29, 0.717) is 0 Å². The maximum Gasteiger partial charge on any atom is 0.306 e. The van der Waals surface area contributed by atoms with Crippen molar-refractivity contribution in [2.75, 3.05) is 0 Å². The molecule has 0 aliphatic rings. The Hall–Kier alpha value is -0.240. The van der Waals surface area contributed by atoms with E-state index >= 15 is 0 Å². The monoisotopic (exact) mass is 194 g/mol. The predicted molar refractivity (Wildman–Crippen MR) is 52.8 cm³/mol. The van der Waals surface area contributed by atoms with Gasteiger partial charge in [0.25, 0.3) is 0 Å². The Morgan fingerprint density at radius 3 is 2.17 bits per heavy atom. The smallest absolute Gasteiger partial charge is 0.306 e. The molecule has 1 unspecified atom stereocenters. The van der Waals surface area contributed by atoms with Crippen LogP contribution in [0.25, 0.3) is 0 Å². The molecule has 1 N–H and O–H groups in total. The molecule has 0 heterocycles. The van der Waals surface area contributed by atoms with Gasteiger partial charge in [-0.25, -0.2) is 0 Å². The van der Waals surface area contributed by atoms with Gasteiger partial charge >= 0.3 is 5.97 Å². The van der Waals surface area contributed by atoms with Gasteiger partial charge in [-0.15, -0.1) is 12.4 Å². The van der Waals surface area contributed by atoms with Crippen LogP contribution in [-0.4, -0.2) is 11.1 Å². The molecular formula is C9H19ClO2. The van der Waals surface area contributed by atoms with E-state index < -0.39 is 5.97 Å². The summed E-state index contributed by atoms with van der Waals surface area (Å²) in [6.07, 6.45) is 4.78. The lowest BCUT2D eigenvalue weighted by Crippen LogP contribution is -2.12. The summed E-state index contributed by atoms with van der Waals surface area (Å²) in [6.45, 7) is 4.12. The fraction of sp³-hybridized carbons (Fsp3) is 0.889. The fourth-order valence-corrected chi connectivity index (χ4v) is 1.19. The maximum absolute atomic E-state index is 10.6. The molecule has 0 radical (unpaired) electrons. The van der Waals surface area contributed by atoms with E-state index in [1.807, 2.05) is 6.92 Å². The minimum absolute atomic E-state index is 0. The topological polar surface area (TPSA) is 37.3 Å². The van der Waals surface area contributed by atoms with Gasteiger partial charge in [0.2, 0.25) is 0 Å². The highest BCUT2D eigenvalue weighted by molar-refractivity contribution is 5.85. The highest BCUT2D eigenvalue weighted by atomic mass is 35.5. The van der Waals surface area contributed by atoms with Crippen molar-refractivity contribution < 1.29 is 9.90 Å². The SMILES string of the molecule is CCCCC(CCC)C(=O)O.Cl. The Bertz CT molecular complexity index is 115. The third kappa shape index (κ3) is 6.47. The molecule has 74 valence electrons. The van der Waals surface area contributed by atoms with E-state index in [4.69, 9.17) is 5.11 Å². The van der Waals surface area contributed by atoms with Gasteiger partial charge in [-0.05, 0) is 12.8 Å². The molecule has 0 saturated heterocycles. The first-order valence-corrected chi connectivity index (χ1v) is 4.45. The van der Waals surface area contributed by atoms with E-state index in [1.165, 1.54) is 0 Å². The van der Waals surface area contributed by atoms with Crippen LogP contribution < -0.4 is 0 Å². The van der Waals surface area contributed by atoms with Gasteiger partial charge in [0, 0.05) is 0 Å². The lowest BCUT2D eigenvalue weighted by atomic mass is 9.97. The third-order valence-electron chi connectivity index (χ3n) is 1.89. The number of carbonyl (C=O) groups is 1. The van der Waals surface area contributed by atoms with Gasteiger partial charge in [-0.1, -0.05) is 33.1 Å². The average Bonchev–Trinajstić information content (AvgIpc) is 1.97. The van der Waals surface area contributed by atoms with Crippen molar-refractivity contribution in [1.29, 1.82) is 0 Å². The summed E-state index contributed by atoms with van der Waals surface area (Å²) in [5.41, 5.74) is 0. The first-order valence-electron chi connectivity index (χ1n) is 4.45. The van der Waals surface area contributed by atoms with E-state index in [2.05, 4.69) is 6.92 Å². The van der Waals surface area contributed by atoms with E-state index in [0.717, 1.165) is 32.1 Å². The zero-order chi connectivity index (χ0) is 8.69. The van der Waals surface area contributed by atoms with Gasteiger partial charge in [-0.3, -0.25) is 4.79 Å². The standard InChI is InChI=1S/C9H18O2.ClH/c1-3-5-7-8(6-4-2)9(10)11;/h8H,3-7H2,1-2H3,(H,10,11);1H. The molecule has 0 fully saturated rings. The molecule has 0 aromatic heterocycles. The van der Waals surface area contributed by atoms with Crippen molar-refractivity contribution >= 4 is 18.4 Å². The minimum atomic E-state index is -0.625. The summed E-state index contributed by atoms with van der Waals surface area (Å²) in [5, 5.41) is 8.73. The Labute approximate surface area is 80.8 Å². The number of rotatable bonds is 6. The molecule has 2 nitrogen and oxygen atoms in total. The second-order valence-corrected chi connectivity index (χ2v) is 2.97. The van der Waals surface area contributed by atoms with Crippen LogP contribution >= 0.6 is 12.4 Å². The van der Waals surface area contributed by atoms with Crippen molar-refractivity contribution in [2.45, 2.75) is 46.0 Å². The molecule has 0 amide bonds. The van der Waals surface area contributed by atoms with E-state index in [1.54, 1.807) is 0 Å². The van der Waals surface area contributed by atoms with Gasteiger partial charge in [0.05, 0.1) is 5.92 Å². The van der Waals surface area contributed by atoms with Crippen LogP contribution in [0.15, 0.2) is 0 Å². The summed E-state index contributed by atoms with van der Waals surface area (Å²) in [6, 6.07) is 0. The first-order chi connectivity index (χ1) is 5.22. The van der Waals surface area contributed by atoms with Gasteiger partial charge in [-0.2, -0.15) is 0 Å². The fourth-order valence-electron chi connectivity index (χ4n) is 1.19. The number of aliphatic carboxylic acids is 1. The number of hydrogen-bond acceptors (Lipinski definition) is 1. The summed E-state index contributed by atoms with van der Waals surface area (Å²) in [7, 11) is 0. The zero-order valence-corrected chi connectivity index (χ0v) is 8.69. The van der Waals surface area contributed by atoms with Gasteiger partial charge < -0.3 is 5.11 Å². The summed E-state index contributed by atoms with van der Waals surface area (Å²) < 4.78 is 0. The number of halogens is 1. The van der Waals surface area contributed by atoms with Gasteiger partial charge in [0.1, 0.15) is 0 Å². The van der Waals surface area contributed by atoms with Crippen LogP contribution in [0.4, 0.5) is 0 Å². The molecular weight excluding hydrogens is 176 g/mol. The van der Waals surface area contributed by atoms with Crippen molar-refractivity contribution in [1.82, 2.24) is 0 Å². The Morgan fingerprint density at radius 1 is 1.25 bits per heavy atom. The maximum atomic E-state index is 10.6. The first kappa shape index (κ1) is 14.3. The van der Waals surface area contributed by atoms with Crippen LogP contribution in [-0.2, 0) is 4.79 Å². The zero-order valence-electron chi connectivity index (χ0n) is 7.88.